The van der Waals surface area contributed by atoms with E-state index in [0.29, 0.717) is 5.82 Å². The number of amides is 2. The molecule has 0 aliphatic heterocycles. The van der Waals surface area contributed by atoms with Crippen LogP contribution in [-0.2, 0) is 20.5 Å². The van der Waals surface area contributed by atoms with Crippen LogP contribution in [0.4, 0.5) is 11.5 Å². The monoisotopic (exact) mass is 416 g/mol. The topological polar surface area (TPSA) is 76.0 Å². The molecule has 0 spiro atoms. The van der Waals surface area contributed by atoms with Crippen molar-refractivity contribution in [2.24, 2.45) is 0 Å². The van der Waals surface area contributed by atoms with Gasteiger partial charge in [0.2, 0.25) is 11.8 Å². The van der Waals surface area contributed by atoms with E-state index < -0.39 is 0 Å². The molecule has 0 saturated heterocycles. The lowest BCUT2D eigenvalue weighted by Gasteiger charge is -2.23. The fourth-order valence-electron chi connectivity index (χ4n) is 2.65. The number of nitrogens with one attached hydrogen (secondary N) is 2. The molecule has 1 atom stereocenters. The predicted molar refractivity (Wildman–Crippen MR) is 121 cm³/mol. The second-order valence-corrected chi connectivity index (χ2v) is 10.6. The third kappa shape index (κ3) is 6.35. The van der Waals surface area contributed by atoms with Crippen LogP contribution < -0.4 is 10.6 Å². The van der Waals surface area contributed by atoms with Gasteiger partial charge in [-0.25, -0.2) is 4.68 Å². The molecule has 1 aromatic heterocycles. The first-order valence-electron chi connectivity index (χ1n) is 9.73. The van der Waals surface area contributed by atoms with Crippen LogP contribution in [0.5, 0.6) is 0 Å². The Morgan fingerprint density at radius 2 is 1.62 bits per heavy atom. The quantitative estimate of drug-likeness (QED) is 0.672. The van der Waals surface area contributed by atoms with Gasteiger partial charge in [0.25, 0.3) is 0 Å². The van der Waals surface area contributed by atoms with E-state index in [2.05, 4.69) is 52.2 Å². The van der Waals surface area contributed by atoms with E-state index in [9.17, 15) is 9.59 Å². The van der Waals surface area contributed by atoms with E-state index in [-0.39, 0.29) is 28.0 Å². The summed E-state index contributed by atoms with van der Waals surface area (Å²) in [6, 6.07) is 9.42. The Labute approximate surface area is 177 Å². The molecule has 2 rings (SSSR count). The largest absolute Gasteiger partial charge is 0.326 e. The number of benzene rings is 1. The number of hydrogen-bond acceptors (Lipinski definition) is 4. The summed E-state index contributed by atoms with van der Waals surface area (Å²) in [5.74, 6) is 0.524. The summed E-state index contributed by atoms with van der Waals surface area (Å²) in [7, 11) is 0. The molecular weight excluding hydrogens is 384 g/mol. The van der Waals surface area contributed by atoms with Crippen molar-refractivity contribution < 1.29 is 9.59 Å². The van der Waals surface area contributed by atoms with E-state index in [0.717, 1.165) is 16.3 Å². The zero-order chi connectivity index (χ0) is 22.0. The molecule has 7 heteroatoms. The normalized spacial score (nSPS) is 13.1. The maximum atomic E-state index is 12.8. The molecule has 6 nitrogen and oxygen atoms in total. The Balaban J connectivity index is 2.13. The number of anilines is 2. The van der Waals surface area contributed by atoms with Crippen molar-refractivity contribution in [3.63, 3.8) is 0 Å². The van der Waals surface area contributed by atoms with Crippen LogP contribution in [0.2, 0.25) is 0 Å². The van der Waals surface area contributed by atoms with Crippen LogP contribution >= 0.6 is 11.8 Å². The summed E-state index contributed by atoms with van der Waals surface area (Å²) in [6.45, 7) is 15.9. The molecule has 1 heterocycles. The van der Waals surface area contributed by atoms with Crippen molar-refractivity contribution in [2.75, 3.05) is 10.6 Å². The van der Waals surface area contributed by atoms with E-state index in [4.69, 9.17) is 5.10 Å². The maximum Gasteiger partial charge on any atom is 0.238 e. The minimum absolute atomic E-state index is 0.0770. The number of aromatic nitrogens is 2. The third-order valence-corrected chi connectivity index (χ3v) is 5.33. The van der Waals surface area contributed by atoms with Crippen LogP contribution in [0.25, 0.3) is 0 Å². The van der Waals surface area contributed by atoms with Gasteiger partial charge in [0, 0.05) is 29.0 Å². The van der Waals surface area contributed by atoms with Crippen LogP contribution in [0.1, 0.15) is 61.1 Å². The molecule has 0 radical (unpaired) electrons. The molecule has 0 saturated carbocycles. The Hall–Kier alpha value is -2.28. The average molecular weight is 417 g/mol. The molecular formula is C22H32N4O2S. The second-order valence-electron chi connectivity index (χ2n) is 9.20. The molecule has 2 aromatic rings. The SMILES string of the molecule is CC(=O)Nc1ccc(SC(C)C(=O)Nc2cc(C(C)(C)C)nn2C(C)(C)C)cc1. The molecule has 1 unspecified atom stereocenters. The highest BCUT2D eigenvalue weighted by molar-refractivity contribution is 8.00. The van der Waals surface area contributed by atoms with Gasteiger partial charge in [0.05, 0.1) is 16.5 Å². The summed E-state index contributed by atoms with van der Waals surface area (Å²) in [4.78, 5) is 24.9. The minimum atomic E-state index is -0.289. The molecule has 0 fully saturated rings. The van der Waals surface area contributed by atoms with Gasteiger partial charge in [-0.15, -0.1) is 11.8 Å². The first kappa shape index (κ1) is 23.0. The summed E-state index contributed by atoms with van der Waals surface area (Å²) >= 11 is 1.47. The summed E-state index contributed by atoms with van der Waals surface area (Å²) in [5.41, 5.74) is 1.33. The summed E-state index contributed by atoms with van der Waals surface area (Å²) < 4.78 is 1.88. The predicted octanol–water partition coefficient (Wildman–Crippen LogP) is 5.01. The van der Waals surface area contributed by atoms with Crippen molar-refractivity contribution >= 4 is 35.1 Å². The number of thioether (sulfide) groups is 1. The smallest absolute Gasteiger partial charge is 0.238 e. The maximum absolute atomic E-state index is 12.8. The third-order valence-electron chi connectivity index (χ3n) is 4.22. The lowest BCUT2D eigenvalue weighted by Crippen LogP contribution is -2.29. The highest BCUT2D eigenvalue weighted by Gasteiger charge is 2.26. The van der Waals surface area contributed by atoms with E-state index in [1.165, 1.54) is 18.7 Å². The van der Waals surface area contributed by atoms with Gasteiger partial charge in [-0.2, -0.15) is 5.10 Å². The second kappa shape index (κ2) is 8.61. The Morgan fingerprint density at radius 1 is 1.03 bits per heavy atom. The van der Waals surface area contributed by atoms with Crippen molar-refractivity contribution in [2.45, 2.75) is 76.5 Å². The van der Waals surface area contributed by atoms with Crippen LogP contribution in [0.3, 0.4) is 0 Å². The van der Waals surface area contributed by atoms with E-state index in [1.54, 1.807) is 0 Å². The number of carbonyl (C=O) groups excluding carboxylic acids is 2. The highest BCUT2D eigenvalue weighted by atomic mass is 32.2. The van der Waals surface area contributed by atoms with Gasteiger partial charge < -0.3 is 10.6 Å². The van der Waals surface area contributed by atoms with Gasteiger partial charge >= 0.3 is 0 Å². The first-order chi connectivity index (χ1) is 13.3. The lowest BCUT2D eigenvalue weighted by molar-refractivity contribution is -0.115. The first-order valence-corrected chi connectivity index (χ1v) is 10.6. The zero-order valence-electron chi connectivity index (χ0n) is 18.6. The number of hydrogen-bond donors (Lipinski definition) is 2. The van der Waals surface area contributed by atoms with Crippen molar-refractivity contribution in [1.29, 1.82) is 0 Å². The Kier molecular flexibility index (Phi) is 6.83. The highest BCUT2D eigenvalue weighted by Crippen LogP contribution is 2.30. The molecule has 29 heavy (non-hydrogen) atoms. The van der Waals surface area contributed by atoms with Crippen LogP contribution in [0.15, 0.2) is 35.2 Å². The molecule has 0 aliphatic carbocycles. The van der Waals surface area contributed by atoms with Crippen molar-refractivity contribution in [3.05, 3.63) is 36.0 Å². The summed E-state index contributed by atoms with van der Waals surface area (Å²) in [6.07, 6.45) is 0. The Bertz CT molecular complexity index is 874. The number of nitrogens with zero attached hydrogens (tertiary/aromatic N) is 2. The van der Waals surface area contributed by atoms with Gasteiger partial charge in [-0.05, 0) is 52.0 Å². The fraction of sp³-hybridized carbons (Fsp3) is 0.500. The number of carbonyl (C=O) groups is 2. The minimum Gasteiger partial charge on any atom is -0.326 e. The van der Waals surface area contributed by atoms with Crippen LogP contribution in [-0.4, -0.2) is 26.8 Å². The van der Waals surface area contributed by atoms with Crippen molar-refractivity contribution in [3.8, 4) is 0 Å². The fourth-order valence-corrected chi connectivity index (χ4v) is 3.52. The average Bonchev–Trinajstić information content (AvgIpc) is 3.00. The van der Waals surface area contributed by atoms with Crippen LogP contribution in [0, 0.1) is 0 Å². The molecule has 0 bridgehead atoms. The lowest BCUT2D eigenvalue weighted by atomic mass is 9.92. The van der Waals surface area contributed by atoms with Gasteiger partial charge in [-0.3, -0.25) is 9.59 Å². The molecule has 2 amide bonds. The van der Waals surface area contributed by atoms with Gasteiger partial charge in [0.1, 0.15) is 5.82 Å². The van der Waals surface area contributed by atoms with Crippen molar-refractivity contribution in [1.82, 2.24) is 9.78 Å². The zero-order valence-corrected chi connectivity index (χ0v) is 19.4. The van der Waals surface area contributed by atoms with E-state index in [1.807, 2.05) is 41.9 Å². The number of rotatable bonds is 5. The molecule has 158 valence electrons. The van der Waals surface area contributed by atoms with Gasteiger partial charge in [-0.1, -0.05) is 20.8 Å². The standard InChI is InChI=1S/C22H32N4O2S/c1-14(29-17-11-9-16(10-12-17)23-15(2)27)20(28)24-19-13-18(21(3,4)5)25-26(19)22(6,7)8/h9-14H,1-8H3,(H,23,27)(H,24,28). The molecule has 2 N–H and O–H groups in total. The Morgan fingerprint density at radius 3 is 2.10 bits per heavy atom. The molecule has 1 aromatic carbocycles. The molecule has 0 aliphatic rings. The van der Waals surface area contributed by atoms with E-state index >= 15 is 0 Å². The van der Waals surface area contributed by atoms with Gasteiger partial charge in [0.15, 0.2) is 0 Å². The summed E-state index contributed by atoms with van der Waals surface area (Å²) in [5, 5.41) is 10.2.